The smallest absolute Gasteiger partial charge is 0.393 e. The van der Waals surface area contributed by atoms with Crippen LogP contribution in [0.15, 0.2) is 24.3 Å². The highest BCUT2D eigenvalue weighted by Crippen LogP contribution is 2.24. The molecule has 1 aromatic rings. The molecule has 0 radical (unpaired) electrons. The van der Waals surface area contributed by atoms with Crippen LogP contribution in [-0.2, 0) is 22.7 Å². The number of halogens is 3. The zero-order chi connectivity index (χ0) is 21.0. The van der Waals surface area contributed by atoms with Crippen molar-refractivity contribution in [2.75, 3.05) is 26.2 Å². The van der Waals surface area contributed by atoms with E-state index in [0.717, 1.165) is 43.6 Å². The van der Waals surface area contributed by atoms with Crippen molar-refractivity contribution in [1.82, 2.24) is 15.1 Å². The Hall–Kier alpha value is -2.13. The standard InChI is InChI=1S/C20H26F3N3O3/c21-20(22,23)13-26-12-16(9-18(26)28)19(29)24-10-14-1-3-15(4-2-14)11-25-7-5-17(27)6-8-25/h1-4,16-17,27H,5-13H2,(H,24,29). The van der Waals surface area contributed by atoms with Gasteiger partial charge in [0.1, 0.15) is 6.54 Å². The van der Waals surface area contributed by atoms with E-state index >= 15 is 0 Å². The van der Waals surface area contributed by atoms with Gasteiger partial charge in [0.15, 0.2) is 0 Å². The Labute approximate surface area is 167 Å². The lowest BCUT2D eigenvalue weighted by molar-refractivity contribution is -0.157. The summed E-state index contributed by atoms with van der Waals surface area (Å²) in [4.78, 5) is 26.9. The fourth-order valence-electron chi connectivity index (χ4n) is 3.75. The van der Waals surface area contributed by atoms with Crippen LogP contribution in [0.4, 0.5) is 13.2 Å². The molecule has 9 heteroatoms. The van der Waals surface area contributed by atoms with Gasteiger partial charge in [-0.3, -0.25) is 14.5 Å². The molecule has 2 amide bonds. The van der Waals surface area contributed by atoms with E-state index in [4.69, 9.17) is 0 Å². The summed E-state index contributed by atoms with van der Waals surface area (Å²) in [5.41, 5.74) is 2.02. The highest BCUT2D eigenvalue weighted by atomic mass is 19.4. The molecule has 2 N–H and O–H groups in total. The van der Waals surface area contributed by atoms with Gasteiger partial charge in [-0.05, 0) is 24.0 Å². The fraction of sp³-hybridized carbons (Fsp3) is 0.600. The minimum Gasteiger partial charge on any atom is -0.393 e. The van der Waals surface area contributed by atoms with Crippen LogP contribution in [0.5, 0.6) is 0 Å². The van der Waals surface area contributed by atoms with Crippen molar-refractivity contribution in [1.29, 1.82) is 0 Å². The molecule has 6 nitrogen and oxygen atoms in total. The summed E-state index contributed by atoms with van der Waals surface area (Å²) in [6.45, 7) is 1.28. The number of likely N-dealkylation sites (tertiary alicyclic amines) is 2. The lowest BCUT2D eigenvalue weighted by Crippen LogP contribution is -2.37. The van der Waals surface area contributed by atoms with Gasteiger partial charge in [-0.2, -0.15) is 13.2 Å². The molecule has 2 saturated heterocycles. The third-order valence-electron chi connectivity index (χ3n) is 5.41. The maximum Gasteiger partial charge on any atom is 0.406 e. The summed E-state index contributed by atoms with van der Waals surface area (Å²) in [6.07, 6.45) is -3.28. The Balaban J connectivity index is 1.44. The molecule has 1 atom stereocenters. The molecule has 2 heterocycles. The van der Waals surface area contributed by atoms with Crippen molar-refractivity contribution in [3.05, 3.63) is 35.4 Å². The summed E-state index contributed by atoms with van der Waals surface area (Å²) >= 11 is 0. The molecule has 3 rings (SSSR count). The molecule has 0 aromatic heterocycles. The van der Waals surface area contributed by atoms with E-state index in [-0.39, 0.29) is 25.6 Å². The highest BCUT2D eigenvalue weighted by molar-refractivity contribution is 5.89. The average Bonchev–Trinajstić information content (AvgIpc) is 3.01. The van der Waals surface area contributed by atoms with Crippen LogP contribution < -0.4 is 5.32 Å². The van der Waals surface area contributed by atoms with Crippen molar-refractivity contribution >= 4 is 11.8 Å². The fourth-order valence-corrected chi connectivity index (χ4v) is 3.75. The number of hydrogen-bond donors (Lipinski definition) is 2. The zero-order valence-electron chi connectivity index (χ0n) is 16.1. The molecule has 1 unspecified atom stereocenters. The molecule has 0 spiro atoms. The molecule has 0 bridgehead atoms. The minimum absolute atomic E-state index is 0.189. The second-order valence-electron chi connectivity index (χ2n) is 7.83. The van der Waals surface area contributed by atoms with Crippen LogP contribution in [0.2, 0.25) is 0 Å². The van der Waals surface area contributed by atoms with Crippen LogP contribution in [0.25, 0.3) is 0 Å². The molecule has 0 aliphatic carbocycles. The molecular formula is C20H26F3N3O3. The van der Waals surface area contributed by atoms with Crippen LogP contribution >= 0.6 is 0 Å². The monoisotopic (exact) mass is 413 g/mol. The van der Waals surface area contributed by atoms with Crippen molar-refractivity contribution < 1.29 is 27.9 Å². The van der Waals surface area contributed by atoms with E-state index < -0.39 is 30.5 Å². The quantitative estimate of drug-likeness (QED) is 0.744. The molecule has 160 valence electrons. The number of alkyl halides is 3. The number of carbonyl (C=O) groups excluding carboxylic acids is 2. The number of piperidine rings is 1. The van der Waals surface area contributed by atoms with Gasteiger partial charge in [0.2, 0.25) is 11.8 Å². The predicted molar refractivity (Wildman–Crippen MR) is 99.5 cm³/mol. The summed E-state index contributed by atoms with van der Waals surface area (Å²) in [7, 11) is 0. The van der Waals surface area contributed by atoms with Crippen molar-refractivity contribution in [2.45, 2.75) is 44.6 Å². The Morgan fingerprint density at radius 3 is 2.38 bits per heavy atom. The summed E-state index contributed by atoms with van der Waals surface area (Å²) in [6, 6.07) is 7.78. The van der Waals surface area contributed by atoms with Gasteiger partial charge in [-0.15, -0.1) is 0 Å². The van der Waals surface area contributed by atoms with Gasteiger partial charge < -0.3 is 15.3 Å². The summed E-state index contributed by atoms with van der Waals surface area (Å²) < 4.78 is 37.4. The van der Waals surface area contributed by atoms with E-state index in [9.17, 15) is 27.9 Å². The number of benzene rings is 1. The van der Waals surface area contributed by atoms with Gasteiger partial charge in [0, 0.05) is 39.1 Å². The Bertz CT molecular complexity index is 716. The van der Waals surface area contributed by atoms with Crippen LogP contribution in [-0.4, -0.2) is 65.2 Å². The topological polar surface area (TPSA) is 72.9 Å². The van der Waals surface area contributed by atoms with E-state index in [2.05, 4.69) is 10.2 Å². The molecule has 2 fully saturated rings. The van der Waals surface area contributed by atoms with Gasteiger partial charge >= 0.3 is 6.18 Å². The number of amides is 2. The van der Waals surface area contributed by atoms with Gasteiger partial charge in [-0.25, -0.2) is 0 Å². The Kier molecular flexibility index (Phi) is 6.79. The number of aliphatic hydroxyl groups excluding tert-OH is 1. The first-order valence-corrected chi connectivity index (χ1v) is 9.80. The molecule has 2 aliphatic heterocycles. The largest absolute Gasteiger partial charge is 0.406 e. The van der Waals surface area contributed by atoms with Crippen molar-refractivity contribution in [2.24, 2.45) is 5.92 Å². The maximum absolute atomic E-state index is 12.5. The molecule has 0 saturated carbocycles. The van der Waals surface area contributed by atoms with E-state index in [1.807, 2.05) is 24.3 Å². The van der Waals surface area contributed by atoms with Crippen molar-refractivity contribution in [3.8, 4) is 0 Å². The SMILES string of the molecule is O=C(NCc1ccc(CN2CCC(O)CC2)cc1)C1CC(=O)N(CC(F)(F)F)C1. The lowest BCUT2D eigenvalue weighted by atomic mass is 10.1. The number of carbonyl (C=O) groups is 2. The average molecular weight is 413 g/mol. The van der Waals surface area contributed by atoms with E-state index in [1.54, 1.807) is 0 Å². The normalized spacial score (nSPS) is 21.6. The minimum atomic E-state index is -4.46. The van der Waals surface area contributed by atoms with Crippen molar-refractivity contribution in [3.63, 3.8) is 0 Å². The predicted octanol–water partition coefficient (Wildman–Crippen LogP) is 1.67. The van der Waals surface area contributed by atoms with Gasteiger partial charge in [0.05, 0.1) is 12.0 Å². The van der Waals surface area contributed by atoms with Crippen LogP contribution in [0.3, 0.4) is 0 Å². The molecular weight excluding hydrogens is 387 g/mol. The summed E-state index contributed by atoms with van der Waals surface area (Å²) in [5.74, 6) is -1.80. The summed E-state index contributed by atoms with van der Waals surface area (Å²) in [5, 5.41) is 12.3. The maximum atomic E-state index is 12.5. The number of nitrogens with one attached hydrogen (secondary N) is 1. The lowest BCUT2D eigenvalue weighted by Gasteiger charge is -2.29. The van der Waals surface area contributed by atoms with Crippen LogP contribution in [0, 0.1) is 5.92 Å². The number of hydrogen-bond acceptors (Lipinski definition) is 4. The highest BCUT2D eigenvalue weighted by Gasteiger charge is 2.40. The third kappa shape index (κ3) is 6.43. The second kappa shape index (κ2) is 9.13. The van der Waals surface area contributed by atoms with Gasteiger partial charge in [-0.1, -0.05) is 24.3 Å². The number of nitrogens with zero attached hydrogens (tertiary/aromatic N) is 2. The Morgan fingerprint density at radius 2 is 1.76 bits per heavy atom. The molecule has 29 heavy (non-hydrogen) atoms. The first-order chi connectivity index (χ1) is 13.7. The number of rotatable bonds is 6. The second-order valence-corrected chi connectivity index (χ2v) is 7.83. The molecule has 1 aromatic carbocycles. The third-order valence-corrected chi connectivity index (χ3v) is 5.41. The number of aliphatic hydroxyl groups is 1. The van der Waals surface area contributed by atoms with E-state index in [1.165, 1.54) is 0 Å². The molecule has 2 aliphatic rings. The zero-order valence-corrected chi connectivity index (χ0v) is 16.1. The van der Waals surface area contributed by atoms with Crippen LogP contribution in [0.1, 0.15) is 30.4 Å². The first kappa shape index (κ1) is 21.6. The van der Waals surface area contributed by atoms with E-state index in [0.29, 0.717) is 4.90 Å². The van der Waals surface area contributed by atoms with Gasteiger partial charge in [0.25, 0.3) is 0 Å². The Morgan fingerprint density at radius 1 is 1.14 bits per heavy atom. The first-order valence-electron chi connectivity index (χ1n) is 9.80.